The molecule has 1 unspecified atom stereocenters. The third-order valence-corrected chi connectivity index (χ3v) is 6.92. The molecule has 5 nitrogen and oxygen atoms in total. The lowest BCUT2D eigenvalue weighted by Crippen LogP contribution is -2.50. The number of carbonyl (C=O) groups excluding carboxylic acids is 1. The molecule has 23 heavy (non-hydrogen) atoms. The molecular formula is C14H27ClF2N2O3S. The van der Waals surface area contributed by atoms with Crippen LogP contribution in [0.3, 0.4) is 0 Å². The van der Waals surface area contributed by atoms with Crippen molar-refractivity contribution in [1.29, 1.82) is 0 Å². The summed E-state index contributed by atoms with van der Waals surface area (Å²) in [5.41, 5.74) is 4.91. The number of amides is 1. The molecule has 1 rings (SSSR count). The maximum absolute atomic E-state index is 13.1. The minimum absolute atomic E-state index is 0. The fourth-order valence-electron chi connectivity index (χ4n) is 2.82. The first kappa shape index (κ1) is 22.5. The number of hydrogen-bond acceptors (Lipinski definition) is 4. The molecule has 0 aromatic heterocycles. The molecule has 0 aromatic carbocycles. The summed E-state index contributed by atoms with van der Waals surface area (Å²) in [6.45, 7) is 1.40. The summed E-state index contributed by atoms with van der Waals surface area (Å²) in [5.74, 6) is -4.56. The van der Waals surface area contributed by atoms with E-state index >= 15 is 0 Å². The summed E-state index contributed by atoms with van der Waals surface area (Å²) in [6, 6.07) is 0. The van der Waals surface area contributed by atoms with Gasteiger partial charge < -0.3 is 11.1 Å². The number of sulfone groups is 1. The molecule has 0 radical (unpaired) electrons. The molecule has 0 spiro atoms. The van der Waals surface area contributed by atoms with E-state index in [2.05, 4.69) is 5.32 Å². The minimum atomic E-state index is -3.69. The molecule has 0 bridgehead atoms. The number of rotatable bonds is 7. The summed E-state index contributed by atoms with van der Waals surface area (Å²) in [7, 11) is -3.69. The monoisotopic (exact) mass is 376 g/mol. The molecule has 3 N–H and O–H groups in total. The van der Waals surface area contributed by atoms with Gasteiger partial charge in [0.05, 0.1) is 18.3 Å². The van der Waals surface area contributed by atoms with Gasteiger partial charge in [-0.2, -0.15) is 0 Å². The second-order valence-electron chi connectivity index (χ2n) is 6.29. The number of alkyl halides is 2. The third kappa shape index (κ3) is 6.15. The Kier molecular flexibility index (Phi) is 8.94. The highest BCUT2D eigenvalue weighted by Gasteiger charge is 2.41. The Morgan fingerprint density at radius 3 is 2.22 bits per heavy atom. The van der Waals surface area contributed by atoms with Gasteiger partial charge in [-0.1, -0.05) is 33.1 Å². The smallest absolute Gasteiger partial charge is 0.277 e. The molecule has 1 amide bonds. The summed E-state index contributed by atoms with van der Waals surface area (Å²) in [6.07, 6.45) is 3.71. The van der Waals surface area contributed by atoms with Crippen LogP contribution in [0.1, 0.15) is 46.0 Å². The first-order valence-corrected chi connectivity index (χ1v) is 9.31. The quantitative estimate of drug-likeness (QED) is 0.710. The van der Waals surface area contributed by atoms with Crippen LogP contribution < -0.4 is 11.1 Å². The predicted molar refractivity (Wildman–Crippen MR) is 88.7 cm³/mol. The first-order valence-electron chi connectivity index (χ1n) is 7.70. The van der Waals surface area contributed by atoms with Gasteiger partial charge in [0.25, 0.3) is 5.92 Å². The van der Waals surface area contributed by atoms with E-state index in [1.807, 2.05) is 0 Å². The molecule has 0 heterocycles. The lowest BCUT2D eigenvalue weighted by atomic mass is 10.0. The van der Waals surface area contributed by atoms with Gasteiger partial charge in [0.1, 0.15) is 5.25 Å². The second kappa shape index (κ2) is 9.13. The van der Waals surface area contributed by atoms with Gasteiger partial charge in [-0.15, -0.1) is 12.4 Å². The Morgan fingerprint density at radius 1 is 1.26 bits per heavy atom. The van der Waals surface area contributed by atoms with E-state index in [0.717, 1.165) is 19.3 Å². The number of halogens is 3. The fourth-order valence-corrected chi connectivity index (χ4v) is 5.37. The lowest BCUT2D eigenvalue weighted by Gasteiger charge is -2.29. The van der Waals surface area contributed by atoms with E-state index < -0.39 is 51.2 Å². The SMILES string of the molecule is CC(C)C(C(=O)NCC(F)(F)CN)S(=O)(=O)C1CCCCC1.Cl. The molecule has 9 heteroatoms. The summed E-state index contributed by atoms with van der Waals surface area (Å²) in [5, 5.41) is 0.218. The molecule has 1 atom stereocenters. The number of nitrogens with one attached hydrogen (secondary N) is 1. The predicted octanol–water partition coefficient (Wildman–Crippen LogP) is 1.89. The van der Waals surface area contributed by atoms with Crippen LogP contribution in [-0.2, 0) is 14.6 Å². The third-order valence-electron chi connectivity index (χ3n) is 4.05. The Hall–Kier alpha value is -0.470. The van der Waals surface area contributed by atoms with Crippen molar-refractivity contribution in [2.24, 2.45) is 11.7 Å². The van der Waals surface area contributed by atoms with Crippen molar-refractivity contribution in [2.45, 2.75) is 62.4 Å². The van der Waals surface area contributed by atoms with Crippen LogP contribution in [0.25, 0.3) is 0 Å². The van der Waals surface area contributed by atoms with E-state index in [1.54, 1.807) is 13.8 Å². The van der Waals surface area contributed by atoms with E-state index in [0.29, 0.717) is 12.8 Å². The Labute approximate surface area is 143 Å². The molecule has 0 saturated heterocycles. The summed E-state index contributed by atoms with van der Waals surface area (Å²) >= 11 is 0. The zero-order valence-corrected chi connectivity index (χ0v) is 15.2. The van der Waals surface area contributed by atoms with E-state index in [9.17, 15) is 22.0 Å². The molecule has 0 aliphatic heterocycles. The normalized spacial score (nSPS) is 18.3. The zero-order chi connectivity index (χ0) is 17.0. The number of carbonyl (C=O) groups is 1. The standard InChI is InChI=1S/C14H26F2N2O3S.ClH/c1-10(2)12(13(19)18-9-14(15,16)8-17)22(20,21)11-6-4-3-5-7-11;/h10-12H,3-9,17H2,1-2H3,(H,18,19);1H. The van der Waals surface area contributed by atoms with Gasteiger partial charge >= 0.3 is 0 Å². The van der Waals surface area contributed by atoms with Crippen molar-refractivity contribution in [3.63, 3.8) is 0 Å². The van der Waals surface area contributed by atoms with Crippen LogP contribution in [0, 0.1) is 5.92 Å². The van der Waals surface area contributed by atoms with E-state index in [1.165, 1.54) is 0 Å². The average Bonchev–Trinajstić information content (AvgIpc) is 2.45. The van der Waals surface area contributed by atoms with E-state index in [4.69, 9.17) is 5.73 Å². The highest BCUT2D eigenvalue weighted by molar-refractivity contribution is 7.93. The van der Waals surface area contributed by atoms with Crippen molar-refractivity contribution in [3.8, 4) is 0 Å². The Morgan fingerprint density at radius 2 is 1.78 bits per heavy atom. The molecule has 0 aromatic rings. The Bertz CT molecular complexity index is 480. The highest BCUT2D eigenvalue weighted by atomic mass is 35.5. The van der Waals surface area contributed by atoms with Gasteiger partial charge in [-0.05, 0) is 18.8 Å². The van der Waals surface area contributed by atoms with Gasteiger partial charge in [0.15, 0.2) is 9.84 Å². The summed E-state index contributed by atoms with van der Waals surface area (Å²) in [4.78, 5) is 12.2. The van der Waals surface area contributed by atoms with Crippen molar-refractivity contribution >= 4 is 28.2 Å². The van der Waals surface area contributed by atoms with Crippen LogP contribution in [0.2, 0.25) is 0 Å². The molecule has 1 aliphatic carbocycles. The van der Waals surface area contributed by atoms with Crippen LogP contribution >= 0.6 is 12.4 Å². The Balaban J connectivity index is 0.00000484. The second-order valence-corrected chi connectivity index (χ2v) is 8.64. The van der Waals surface area contributed by atoms with Crippen molar-refractivity contribution in [2.75, 3.05) is 13.1 Å². The zero-order valence-electron chi connectivity index (χ0n) is 13.6. The highest BCUT2D eigenvalue weighted by Crippen LogP contribution is 2.29. The first-order chi connectivity index (χ1) is 10.1. The summed E-state index contributed by atoms with van der Waals surface area (Å²) < 4.78 is 51.7. The largest absolute Gasteiger partial charge is 0.349 e. The van der Waals surface area contributed by atoms with Gasteiger partial charge in [0.2, 0.25) is 5.91 Å². The van der Waals surface area contributed by atoms with Crippen LogP contribution in [0.4, 0.5) is 8.78 Å². The van der Waals surface area contributed by atoms with Crippen molar-refractivity contribution in [3.05, 3.63) is 0 Å². The number of nitrogens with two attached hydrogens (primary N) is 1. The maximum Gasteiger partial charge on any atom is 0.277 e. The van der Waals surface area contributed by atoms with Gasteiger partial charge in [-0.25, -0.2) is 17.2 Å². The molecule has 1 aliphatic rings. The van der Waals surface area contributed by atoms with Gasteiger partial charge in [-0.3, -0.25) is 4.79 Å². The minimum Gasteiger partial charge on any atom is -0.349 e. The fraction of sp³-hybridized carbons (Fsp3) is 0.929. The molecule has 1 fully saturated rings. The van der Waals surface area contributed by atoms with Crippen LogP contribution in [-0.4, -0.2) is 43.8 Å². The lowest BCUT2D eigenvalue weighted by molar-refractivity contribution is -0.123. The maximum atomic E-state index is 13.1. The van der Waals surface area contributed by atoms with Crippen molar-refractivity contribution in [1.82, 2.24) is 5.32 Å². The van der Waals surface area contributed by atoms with Crippen molar-refractivity contribution < 1.29 is 22.0 Å². The molecular weight excluding hydrogens is 350 g/mol. The van der Waals surface area contributed by atoms with Crippen LogP contribution in [0.5, 0.6) is 0 Å². The van der Waals surface area contributed by atoms with Crippen LogP contribution in [0.15, 0.2) is 0 Å². The average molecular weight is 377 g/mol. The van der Waals surface area contributed by atoms with Gasteiger partial charge in [0, 0.05) is 0 Å². The number of hydrogen-bond donors (Lipinski definition) is 2. The van der Waals surface area contributed by atoms with E-state index in [-0.39, 0.29) is 12.4 Å². The molecule has 1 saturated carbocycles. The topological polar surface area (TPSA) is 89.3 Å². The molecule has 138 valence electrons.